The van der Waals surface area contributed by atoms with Gasteiger partial charge in [-0.3, -0.25) is 4.79 Å². The highest BCUT2D eigenvalue weighted by atomic mass is 33.5. The van der Waals surface area contributed by atoms with Crippen LogP contribution in [-0.2, 0) is 32.9 Å². The van der Waals surface area contributed by atoms with Gasteiger partial charge >= 0.3 is 24.3 Å². The fourth-order valence-electron chi connectivity index (χ4n) is 4.50. The van der Waals surface area contributed by atoms with Gasteiger partial charge in [-0.25, -0.2) is 14.4 Å². The molecular weight excluding hydrogens is 767 g/mol. The quantitative estimate of drug-likeness (QED) is 0.0547. The Labute approximate surface area is 334 Å². The smallest absolute Gasteiger partial charge is 0.444 e. The van der Waals surface area contributed by atoms with E-state index in [1.165, 1.54) is 45.8 Å². The first-order valence-corrected chi connectivity index (χ1v) is 24.2. The van der Waals surface area contributed by atoms with Crippen LogP contribution >= 0.6 is 31.4 Å². The van der Waals surface area contributed by atoms with Crippen molar-refractivity contribution in [3.8, 4) is 23.7 Å². The van der Waals surface area contributed by atoms with Crippen molar-refractivity contribution in [1.82, 2.24) is 4.90 Å². The molecule has 0 spiro atoms. The lowest BCUT2D eigenvalue weighted by Gasteiger charge is -2.46. The predicted molar refractivity (Wildman–Crippen MR) is 220 cm³/mol. The summed E-state index contributed by atoms with van der Waals surface area (Å²) in [5, 5.41) is -0.360. The number of allylic oxidation sites excluding steroid dienone is 2. The minimum Gasteiger partial charge on any atom is -0.444 e. The first-order chi connectivity index (χ1) is 24.5. The van der Waals surface area contributed by atoms with Gasteiger partial charge in [0.2, 0.25) is 0 Å². The first kappa shape index (κ1) is 46.9. The number of imide groups is 1. The Morgan fingerprint density at radius 2 is 1.41 bits per heavy atom. The van der Waals surface area contributed by atoms with Gasteiger partial charge in [0.25, 0.3) is 0 Å². The lowest BCUT2D eigenvalue weighted by atomic mass is 9.79. The van der Waals surface area contributed by atoms with E-state index in [1.54, 1.807) is 73.1 Å². The molecule has 2 aliphatic carbocycles. The molecule has 54 heavy (non-hydrogen) atoms. The maximum absolute atomic E-state index is 14.4. The fourth-order valence-corrected chi connectivity index (χ4v) is 8.25. The molecule has 0 aromatic carbocycles. The zero-order valence-electron chi connectivity index (χ0n) is 34.3. The van der Waals surface area contributed by atoms with Gasteiger partial charge in [0.15, 0.2) is 25.8 Å². The summed E-state index contributed by atoms with van der Waals surface area (Å²) in [6, 6.07) is 0. The van der Waals surface area contributed by atoms with Crippen molar-refractivity contribution >= 4 is 64.0 Å². The topological polar surface area (TPSA) is 127 Å². The molecule has 298 valence electrons. The van der Waals surface area contributed by atoms with Crippen LogP contribution in [0.15, 0.2) is 46.9 Å². The zero-order chi connectivity index (χ0) is 41.5. The lowest BCUT2D eigenvalue weighted by molar-refractivity contribution is -0.142. The van der Waals surface area contributed by atoms with Gasteiger partial charge in [-0.2, -0.15) is 4.90 Å². The zero-order valence-corrected chi connectivity index (χ0v) is 37.8. The molecule has 0 N–H and O–H groups in total. The van der Waals surface area contributed by atoms with Gasteiger partial charge in [-0.15, -0.1) is 0 Å². The molecule has 0 aromatic heterocycles. The molecule has 0 aromatic rings. The van der Waals surface area contributed by atoms with Gasteiger partial charge < -0.3 is 28.1 Å². The highest BCUT2D eigenvalue weighted by Gasteiger charge is 2.53. The molecule has 2 amide bonds. The number of nitrogens with zero attached hydrogens (tertiary/aromatic N) is 1. The third-order valence-electron chi connectivity index (χ3n) is 7.43. The van der Waals surface area contributed by atoms with Gasteiger partial charge in [-0.1, -0.05) is 66.2 Å². The van der Waals surface area contributed by atoms with Gasteiger partial charge in [-0.05, 0) is 115 Å². The number of carbonyl (C=O) groups is 4. The van der Waals surface area contributed by atoms with Crippen molar-refractivity contribution in [1.29, 1.82) is 0 Å². The largest absolute Gasteiger partial charge is 0.514 e. The molecule has 15 heteroatoms. The van der Waals surface area contributed by atoms with Crippen LogP contribution in [0.1, 0.15) is 90.0 Å². The fraction of sp³-hybridized carbons (Fsp3) is 0.590. The molecule has 0 saturated heterocycles. The standard InChI is InChI=1S/C39H55NO10S3Si/c1-26(41)45-28-21-19-17-18-20-23-39(50-54(15,16)38(11,12)13)25-29(46-34(44)49-37(8,9)10)31(30(28)27(39)22-24-52-53-51-14)40(32(42)47-35(2,3)4)33(43)48-36(5,6)7/h17-18,22,25,28H,24H2,1-16H3/b18-17-,27-22+/t28-,39-/m0/s1. The first-order valence-electron chi connectivity index (χ1n) is 17.3. The van der Waals surface area contributed by atoms with Crippen LogP contribution in [-0.4, -0.2) is 78.0 Å². The summed E-state index contributed by atoms with van der Waals surface area (Å²) in [6.45, 7) is 26.2. The van der Waals surface area contributed by atoms with Crippen LogP contribution in [0.5, 0.6) is 0 Å². The molecule has 2 rings (SSSR count). The van der Waals surface area contributed by atoms with E-state index in [-0.39, 0.29) is 22.1 Å². The number of hydrogen-bond donors (Lipinski definition) is 0. The van der Waals surface area contributed by atoms with E-state index in [4.69, 9.17) is 28.1 Å². The Morgan fingerprint density at radius 1 is 0.870 bits per heavy atom. The molecule has 2 bridgehead atoms. The number of esters is 1. The molecule has 0 radical (unpaired) electrons. The minimum atomic E-state index is -2.83. The van der Waals surface area contributed by atoms with Crippen molar-refractivity contribution in [2.75, 3.05) is 12.0 Å². The summed E-state index contributed by atoms with van der Waals surface area (Å²) in [4.78, 5) is 55.9. The Morgan fingerprint density at radius 3 is 1.89 bits per heavy atom. The average molecular weight is 822 g/mol. The van der Waals surface area contributed by atoms with Gasteiger partial charge in [0, 0.05) is 29.9 Å². The van der Waals surface area contributed by atoms with E-state index in [0.29, 0.717) is 16.2 Å². The number of carbonyl (C=O) groups excluding carboxylic acids is 4. The summed E-state index contributed by atoms with van der Waals surface area (Å²) in [6.07, 6.45) is 3.29. The summed E-state index contributed by atoms with van der Waals surface area (Å²) in [5.41, 5.74) is -4.94. The summed E-state index contributed by atoms with van der Waals surface area (Å²) < 4.78 is 36.3. The number of ether oxygens (including phenoxy) is 5. The summed E-state index contributed by atoms with van der Waals surface area (Å²) in [5.74, 6) is 11.4. The summed E-state index contributed by atoms with van der Waals surface area (Å²) >= 11 is 0. The minimum absolute atomic E-state index is 0.00598. The second-order valence-corrected chi connectivity index (χ2v) is 25.9. The van der Waals surface area contributed by atoms with E-state index in [1.807, 2.05) is 25.4 Å². The van der Waals surface area contributed by atoms with E-state index >= 15 is 0 Å². The van der Waals surface area contributed by atoms with Crippen LogP contribution in [0.3, 0.4) is 0 Å². The lowest BCUT2D eigenvalue weighted by Crippen LogP contribution is -2.53. The molecular formula is C39H55NO10S3Si. The highest BCUT2D eigenvalue weighted by molar-refractivity contribution is 9.09. The third-order valence-corrected chi connectivity index (χ3v) is 15.6. The number of rotatable bonds is 9. The van der Waals surface area contributed by atoms with Crippen molar-refractivity contribution in [2.24, 2.45) is 0 Å². The molecule has 0 unspecified atom stereocenters. The highest BCUT2D eigenvalue weighted by Crippen LogP contribution is 2.49. The van der Waals surface area contributed by atoms with Gasteiger partial charge in [0.05, 0.1) is 0 Å². The van der Waals surface area contributed by atoms with Crippen LogP contribution in [0.4, 0.5) is 14.4 Å². The monoisotopic (exact) mass is 821 g/mol. The molecule has 0 heterocycles. The predicted octanol–water partition coefficient (Wildman–Crippen LogP) is 10.1. The number of fused-ring (bicyclic) bond motifs is 2. The van der Waals surface area contributed by atoms with Crippen molar-refractivity contribution in [3.05, 3.63) is 46.9 Å². The number of hydrogen-bond acceptors (Lipinski definition) is 13. The molecule has 2 atom stereocenters. The van der Waals surface area contributed by atoms with Gasteiger partial charge in [0.1, 0.15) is 22.5 Å². The Hall–Kier alpha value is -3.21. The molecule has 0 saturated carbocycles. The van der Waals surface area contributed by atoms with Crippen molar-refractivity contribution in [2.45, 2.75) is 137 Å². The normalized spacial score (nSPS) is 20.3. The third kappa shape index (κ3) is 13.8. The van der Waals surface area contributed by atoms with Crippen LogP contribution < -0.4 is 0 Å². The van der Waals surface area contributed by atoms with E-state index in [0.717, 1.165) is 0 Å². The number of amides is 2. The molecule has 0 fully saturated rings. The Kier molecular flexibility index (Phi) is 15.8. The molecule has 0 aliphatic heterocycles. The maximum Gasteiger partial charge on any atom is 0.514 e. The Bertz CT molecular complexity index is 1690. The second-order valence-electron chi connectivity index (χ2n) is 16.7. The second kappa shape index (κ2) is 18.2. The van der Waals surface area contributed by atoms with E-state index in [2.05, 4.69) is 44.5 Å². The van der Waals surface area contributed by atoms with Crippen LogP contribution in [0.2, 0.25) is 18.1 Å². The van der Waals surface area contributed by atoms with Crippen LogP contribution in [0.25, 0.3) is 0 Å². The Balaban J connectivity index is 3.43. The van der Waals surface area contributed by atoms with E-state index in [9.17, 15) is 19.2 Å². The van der Waals surface area contributed by atoms with E-state index < -0.39 is 61.1 Å². The molecule has 2 aliphatic rings. The summed E-state index contributed by atoms with van der Waals surface area (Å²) in [7, 11) is 1.77. The van der Waals surface area contributed by atoms with Crippen LogP contribution in [0, 0.1) is 23.7 Å². The average Bonchev–Trinajstić information content (AvgIpc) is 2.94. The molecule has 11 nitrogen and oxygen atoms in total. The SMILES string of the molecule is CSSSC/C=C1\C2=C(N(C(=O)OC(C)(C)C)C(=O)OC(C)(C)C)C(OC(=O)OC(C)(C)C)=C[C@@]1(O[Si](C)(C)C(C)(C)C)C#C/C=C\C#C[C@@H]2OC(C)=O. The van der Waals surface area contributed by atoms with Crippen molar-refractivity contribution < 1.29 is 47.3 Å². The van der Waals surface area contributed by atoms with Crippen molar-refractivity contribution in [3.63, 3.8) is 0 Å². The maximum atomic E-state index is 14.4.